The molecule has 1 saturated carbocycles. The molecule has 14 atom stereocenters. The van der Waals surface area contributed by atoms with Gasteiger partial charge in [-0.05, 0) is 12.8 Å². The topological polar surface area (TPSA) is 338 Å². The van der Waals surface area contributed by atoms with Crippen LogP contribution in [-0.2, 0) is 38.1 Å². The Hall–Kier alpha value is -2.70. The normalized spacial score (nSPS) is 40.2. The molecule has 3 aliphatic heterocycles. The second kappa shape index (κ2) is 16.8. The molecule has 20 heteroatoms. The van der Waals surface area contributed by atoms with E-state index in [-0.39, 0.29) is 45.3 Å². The van der Waals surface area contributed by atoms with Crippen molar-refractivity contribution in [2.24, 2.45) is 22.9 Å². The summed E-state index contributed by atoms with van der Waals surface area (Å²) in [6, 6.07) is -3.74. The summed E-state index contributed by atoms with van der Waals surface area (Å²) in [5, 5.41) is 57.0. The van der Waals surface area contributed by atoms with Crippen LogP contribution < -0.4 is 33.6 Å². The van der Waals surface area contributed by atoms with Crippen molar-refractivity contribution in [3.63, 3.8) is 0 Å². The number of carbonyl (C=O) groups excluding carboxylic acids is 4. The lowest BCUT2D eigenvalue weighted by atomic mass is 9.84. The van der Waals surface area contributed by atoms with Gasteiger partial charge in [0.1, 0.15) is 42.7 Å². The largest absolute Gasteiger partial charge is 0.394 e. The highest BCUT2D eigenvalue weighted by Gasteiger charge is 2.50. The Morgan fingerprint density at radius 2 is 1.35 bits per heavy atom. The van der Waals surface area contributed by atoms with Crippen LogP contribution in [0.15, 0.2) is 12.2 Å². The molecule has 4 rings (SSSR count). The van der Waals surface area contributed by atoms with Crippen LogP contribution >= 0.6 is 0 Å². The number of nitrogens with two attached hydrogens (primary N) is 4. The van der Waals surface area contributed by atoms with E-state index in [0.29, 0.717) is 0 Å². The Kier molecular flexibility index (Phi) is 13.3. The van der Waals surface area contributed by atoms with Crippen LogP contribution in [0, 0.1) is 0 Å². The van der Waals surface area contributed by atoms with Gasteiger partial charge in [-0.25, -0.2) is 0 Å². The molecule has 4 amide bonds. The molecule has 0 radical (unpaired) electrons. The number of ether oxygens (including phenoxy) is 4. The maximum Gasteiger partial charge on any atom is 0.253 e. The molecule has 0 bridgehead atoms. The zero-order valence-corrected chi connectivity index (χ0v) is 26.2. The molecular formula is C28H47N7O13. The molecule has 0 aromatic rings. The molecular weight excluding hydrogens is 642 g/mol. The molecule has 0 aromatic carbocycles. The zero-order valence-electron chi connectivity index (χ0n) is 26.2. The predicted molar refractivity (Wildman–Crippen MR) is 160 cm³/mol. The molecule has 2 saturated heterocycles. The maximum atomic E-state index is 12.4. The van der Waals surface area contributed by atoms with Crippen molar-refractivity contribution in [3.8, 4) is 0 Å². The van der Waals surface area contributed by atoms with Crippen molar-refractivity contribution in [1.82, 2.24) is 15.5 Å². The van der Waals surface area contributed by atoms with Gasteiger partial charge in [0.05, 0.1) is 24.8 Å². The van der Waals surface area contributed by atoms with Gasteiger partial charge < -0.3 is 78.0 Å². The number of imide groups is 1. The van der Waals surface area contributed by atoms with Crippen molar-refractivity contribution in [3.05, 3.63) is 12.2 Å². The lowest BCUT2D eigenvalue weighted by Crippen LogP contribution is -2.68. The van der Waals surface area contributed by atoms with Crippen molar-refractivity contribution in [2.75, 3.05) is 26.2 Å². The summed E-state index contributed by atoms with van der Waals surface area (Å²) in [4.78, 5) is 48.6. The van der Waals surface area contributed by atoms with Crippen LogP contribution in [-0.4, -0.2) is 166 Å². The third kappa shape index (κ3) is 9.09. The SMILES string of the molecule is N[C@@H]1[C@@H](O)[C@@H](O[C@@H]2[C@@H](O)[C@H](O[C@H]3O[C@H](CNC(=O)CCC(=O)NCCN4C(=O)C=CC4=O)[C@@H](O)C[C@H]3N)[C@@H](N)C[C@H]2N)O[C@H](CO)[C@H]1O. The van der Waals surface area contributed by atoms with Crippen LogP contribution in [0.1, 0.15) is 25.7 Å². The lowest BCUT2D eigenvalue weighted by molar-refractivity contribution is -0.315. The van der Waals surface area contributed by atoms with E-state index < -0.39 is 116 Å². The van der Waals surface area contributed by atoms with E-state index in [1.54, 1.807) is 0 Å². The summed E-state index contributed by atoms with van der Waals surface area (Å²) in [7, 11) is 0. The first-order chi connectivity index (χ1) is 22.7. The third-order valence-corrected chi connectivity index (χ3v) is 8.82. The zero-order chi connectivity index (χ0) is 35.3. The number of aliphatic hydroxyl groups excluding tert-OH is 5. The maximum absolute atomic E-state index is 12.4. The summed E-state index contributed by atoms with van der Waals surface area (Å²) in [6.45, 7) is -0.745. The van der Waals surface area contributed by atoms with Crippen LogP contribution in [0.2, 0.25) is 0 Å². The average Bonchev–Trinajstić information content (AvgIpc) is 3.36. The Morgan fingerprint density at radius 3 is 1.96 bits per heavy atom. The fourth-order valence-electron chi connectivity index (χ4n) is 5.98. The van der Waals surface area contributed by atoms with Gasteiger partial charge in [-0.15, -0.1) is 0 Å². The lowest BCUT2D eigenvalue weighted by Gasteiger charge is -2.47. The van der Waals surface area contributed by atoms with Gasteiger partial charge in [0.25, 0.3) is 11.8 Å². The van der Waals surface area contributed by atoms with Gasteiger partial charge in [-0.1, -0.05) is 0 Å². The van der Waals surface area contributed by atoms with Crippen molar-refractivity contribution in [2.45, 2.75) is 111 Å². The molecule has 15 N–H and O–H groups in total. The highest BCUT2D eigenvalue weighted by Crippen LogP contribution is 2.31. The minimum absolute atomic E-state index is 0.00300. The first-order valence-corrected chi connectivity index (χ1v) is 15.8. The van der Waals surface area contributed by atoms with E-state index in [0.717, 1.165) is 17.1 Å². The fourth-order valence-corrected chi connectivity index (χ4v) is 5.98. The van der Waals surface area contributed by atoms with Gasteiger partial charge in [0.15, 0.2) is 12.6 Å². The quantitative estimate of drug-likeness (QED) is 0.0800. The number of hydrogen-bond donors (Lipinski definition) is 11. The summed E-state index contributed by atoms with van der Waals surface area (Å²) in [6.07, 6.45) is -10.6. The molecule has 3 heterocycles. The van der Waals surface area contributed by atoms with Crippen molar-refractivity contribution < 1.29 is 63.7 Å². The van der Waals surface area contributed by atoms with Gasteiger partial charge in [-0.2, -0.15) is 0 Å². The first-order valence-electron chi connectivity index (χ1n) is 15.8. The van der Waals surface area contributed by atoms with Crippen LogP contribution in [0.25, 0.3) is 0 Å². The Bertz CT molecular complexity index is 1160. The number of carbonyl (C=O) groups is 4. The number of rotatable bonds is 13. The van der Waals surface area contributed by atoms with E-state index in [2.05, 4.69) is 10.6 Å². The van der Waals surface area contributed by atoms with Gasteiger partial charge in [0.2, 0.25) is 11.8 Å². The summed E-state index contributed by atoms with van der Waals surface area (Å²) >= 11 is 0. The Balaban J connectivity index is 1.25. The van der Waals surface area contributed by atoms with Gasteiger partial charge in [0, 0.05) is 56.7 Å². The van der Waals surface area contributed by atoms with Gasteiger partial charge >= 0.3 is 0 Å². The average molecular weight is 690 g/mol. The van der Waals surface area contributed by atoms with E-state index in [4.69, 9.17) is 41.9 Å². The first kappa shape index (κ1) is 38.1. The number of aliphatic hydroxyl groups is 5. The van der Waals surface area contributed by atoms with E-state index in [9.17, 15) is 44.7 Å². The summed E-state index contributed by atoms with van der Waals surface area (Å²) in [5.74, 6) is -1.91. The number of nitrogens with zero attached hydrogens (tertiary/aromatic N) is 1. The number of amides is 4. The van der Waals surface area contributed by atoms with Crippen LogP contribution in [0.5, 0.6) is 0 Å². The minimum Gasteiger partial charge on any atom is -0.394 e. The fraction of sp³-hybridized carbons (Fsp3) is 0.786. The molecule has 3 fully saturated rings. The van der Waals surface area contributed by atoms with Crippen molar-refractivity contribution in [1.29, 1.82) is 0 Å². The molecule has 272 valence electrons. The molecule has 4 aliphatic rings. The smallest absolute Gasteiger partial charge is 0.253 e. The Labute approximate surface area is 275 Å². The van der Waals surface area contributed by atoms with Crippen LogP contribution in [0.3, 0.4) is 0 Å². The minimum atomic E-state index is -1.52. The molecule has 48 heavy (non-hydrogen) atoms. The van der Waals surface area contributed by atoms with E-state index in [1.165, 1.54) is 0 Å². The second-order valence-corrected chi connectivity index (χ2v) is 12.4. The molecule has 20 nitrogen and oxygen atoms in total. The summed E-state index contributed by atoms with van der Waals surface area (Å²) < 4.78 is 23.1. The van der Waals surface area contributed by atoms with Crippen LogP contribution in [0.4, 0.5) is 0 Å². The molecule has 1 aliphatic carbocycles. The number of hydrogen-bond acceptors (Lipinski definition) is 17. The predicted octanol–water partition coefficient (Wildman–Crippen LogP) is -7.32. The van der Waals surface area contributed by atoms with Crippen molar-refractivity contribution >= 4 is 23.6 Å². The second-order valence-electron chi connectivity index (χ2n) is 12.4. The number of nitrogens with one attached hydrogen (secondary N) is 2. The molecule has 0 spiro atoms. The highest BCUT2D eigenvalue weighted by molar-refractivity contribution is 6.12. The Morgan fingerprint density at radius 1 is 0.792 bits per heavy atom. The van der Waals surface area contributed by atoms with E-state index in [1.807, 2.05) is 0 Å². The molecule has 0 aromatic heterocycles. The monoisotopic (exact) mass is 689 g/mol. The summed E-state index contributed by atoms with van der Waals surface area (Å²) in [5.41, 5.74) is 24.5. The third-order valence-electron chi connectivity index (χ3n) is 8.82. The van der Waals surface area contributed by atoms with Gasteiger partial charge in [-0.3, -0.25) is 24.1 Å². The molecule has 0 unspecified atom stereocenters. The van der Waals surface area contributed by atoms with E-state index >= 15 is 0 Å². The standard InChI is InChI=1S/C28H47N7O13/c29-11-7-12(30)26(48-28-23(43)21(32)22(42)16(10-36)46-28)24(44)25(11)47-27-13(31)8-14(37)15(45-27)9-34-18(39)2-1-17(38)33-5-6-35-19(40)3-4-20(35)41/h3-4,11-16,21-28,36-37,42-44H,1-2,5-10,29-32H2,(H,33,38)(H,34,39)/t11-,12+,13+,14-,15+,16+,21-,22+,23+,24-,25+,26-,27+,28+/m0/s1. The highest BCUT2D eigenvalue weighted by atomic mass is 16.7.